The predicted octanol–water partition coefficient (Wildman–Crippen LogP) is 4.05. The van der Waals surface area contributed by atoms with Crippen LogP contribution in [0.25, 0.3) is 16.5 Å². The van der Waals surface area contributed by atoms with E-state index >= 15 is 0 Å². The first-order chi connectivity index (χ1) is 14.0. The second-order valence-corrected chi connectivity index (χ2v) is 6.69. The molecule has 1 aromatic heterocycles. The number of H-pyrrole nitrogens is 1. The fourth-order valence-corrected chi connectivity index (χ4v) is 3.54. The molecule has 0 saturated heterocycles. The lowest BCUT2D eigenvalue weighted by Gasteiger charge is -2.18. The average molecular weight is 396 g/mol. The Labute approximate surface area is 165 Å². The van der Waals surface area contributed by atoms with E-state index in [4.69, 9.17) is 4.74 Å². The standard InChI is InChI=1S/C22H18F2N2O3/c1-2-29-22(28)18-12-26(21(27)13-4-3-5-14(23)10-13)9-8-16-17-11-15(24)6-7-19(17)25-20(16)18/h3-7,10-12,25H,2,8-9H2,1H3. The zero-order valence-electron chi connectivity index (χ0n) is 15.7. The first-order valence-corrected chi connectivity index (χ1v) is 9.24. The summed E-state index contributed by atoms with van der Waals surface area (Å²) in [5, 5.41) is 0.648. The molecule has 5 nitrogen and oxygen atoms in total. The molecule has 3 aromatic rings. The van der Waals surface area contributed by atoms with Crippen molar-refractivity contribution in [3.63, 3.8) is 0 Å². The second kappa shape index (κ2) is 7.50. The molecule has 2 aromatic carbocycles. The maximum absolute atomic E-state index is 13.8. The minimum absolute atomic E-state index is 0.165. The number of halogens is 2. The Balaban J connectivity index is 1.81. The molecule has 29 heavy (non-hydrogen) atoms. The van der Waals surface area contributed by atoms with Crippen molar-refractivity contribution in [1.82, 2.24) is 9.88 Å². The maximum atomic E-state index is 13.8. The molecule has 0 radical (unpaired) electrons. The molecule has 0 fully saturated rings. The van der Waals surface area contributed by atoms with Gasteiger partial charge in [0, 0.05) is 29.2 Å². The molecule has 0 unspecified atom stereocenters. The summed E-state index contributed by atoms with van der Waals surface area (Å²) < 4.78 is 32.5. The van der Waals surface area contributed by atoms with Crippen molar-refractivity contribution >= 4 is 28.4 Å². The number of aromatic nitrogens is 1. The zero-order chi connectivity index (χ0) is 20.5. The van der Waals surface area contributed by atoms with Gasteiger partial charge in [-0.25, -0.2) is 13.6 Å². The number of nitrogens with one attached hydrogen (secondary N) is 1. The number of esters is 1. The highest BCUT2D eigenvalue weighted by Crippen LogP contribution is 2.32. The van der Waals surface area contributed by atoms with Gasteiger partial charge in [0.05, 0.1) is 17.9 Å². The minimum atomic E-state index is -0.597. The van der Waals surface area contributed by atoms with Gasteiger partial charge in [-0.05, 0) is 55.3 Å². The number of carbonyl (C=O) groups excluding carboxylic acids is 2. The monoisotopic (exact) mass is 396 g/mol. The summed E-state index contributed by atoms with van der Waals surface area (Å²) in [6.07, 6.45) is 1.81. The molecule has 148 valence electrons. The topological polar surface area (TPSA) is 62.4 Å². The minimum Gasteiger partial charge on any atom is -0.462 e. The Kier molecular flexibility index (Phi) is 4.88. The summed E-state index contributed by atoms with van der Waals surface area (Å²) >= 11 is 0. The first-order valence-electron chi connectivity index (χ1n) is 9.24. The summed E-state index contributed by atoms with van der Waals surface area (Å²) in [4.78, 5) is 30.1. The highest BCUT2D eigenvalue weighted by Gasteiger charge is 2.28. The first kappa shape index (κ1) is 18.9. The molecule has 0 bridgehead atoms. The smallest absolute Gasteiger partial charge is 0.341 e. The van der Waals surface area contributed by atoms with Crippen molar-refractivity contribution in [2.75, 3.05) is 13.2 Å². The van der Waals surface area contributed by atoms with E-state index in [2.05, 4.69) is 4.98 Å². The van der Waals surface area contributed by atoms with Crippen LogP contribution in [0.3, 0.4) is 0 Å². The molecule has 1 N–H and O–H groups in total. The van der Waals surface area contributed by atoms with Crippen molar-refractivity contribution in [1.29, 1.82) is 0 Å². The fraction of sp³-hybridized carbons (Fsp3) is 0.182. The Bertz CT molecular complexity index is 1150. The van der Waals surface area contributed by atoms with Crippen LogP contribution in [0.1, 0.15) is 28.5 Å². The predicted molar refractivity (Wildman–Crippen MR) is 104 cm³/mol. The normalized spacial score (nSPS) is 13.6. The quantitative estimate of drug-likeness (QED) is 0.680. The van der Waals surface area contributed by atoms with E-state index in [1.807, 2.05) is 0 Å². The number of amides is 1. The number of carbonyl (C=O) groups is 2. The molecule has 0 atom stereocenters. The number of ether oxygens (including phenoxy) is 1. The number of aromatic amines is 1. The Morgan fingerprint density at radius 3 is 2.69 bits per heavy atom. The van der Waals surface area contributed by atoms with Crippen molar-refractivity contribution in [2.45, 2.75) is 13.3 Å². The van der Waals surface area contributed by atoms with Crippen LogP contribution in [0.2, 0.25) is 0 Å². The number of hydrogen-bond donors (Lipinski definition) is 1. The van der Waals surface area contributed by atoms with Crippen molar-refractivity contribution in [2.24, 2.45) is 0 Å². The lowest BCUT2D eigenvalue weighted by Crippen LogP contribution is -2.28. The number of rotatable bonds is 3. The van der Waals surface area contributed by atoms with Gasteiger partial charge < -0.3 is 14.6 Å². The van der Waals surface area contributed by atoms with Crippen LogP contribution in [0, 0.1) is 11.6 Å². The van der Waals surface area contributed by atoms with Crippen molar-refractivity contribution in [3.8, 4) is 0 Å². The van der Waals surface area contributed by atoms with E-state index in [1.54, 1.807) is 13.0 Å². The average Bonchev–Trinajstić information content (AvgIpc) is 2.93. The summed E-state index contributed by atoms with van der Waals surface area (Å²) in [6.45, 7) is 2.10. The summed E-state index contributed by atoms with van der Waals surface area (Å²) in [5.41, 5.74) is 2.26. The number of nitrogens with zero attached hydrogens (tertiary/aromatic N) is 1. The molecule has 2 heterocycles. The van der Waals surface area contributed by atoms with Gasteiger partial charge in [0.1, 0.15) is 11.6 Å². The molecule has 1 aliphatic heterocycles. The highest BCUT2D eigenvalue weighted by atomic mass is 19.1. The largest absolute Gasteiger partial charge is 0.462 e. The van der Waals surface area contributed by atoms with Crippen LogP contribution in [-0.4, -0.2) is 34.9 Å². The van der Waals surface area contributed by atoms with Gasteiger partial charge in [0.25, 0.3) is 5.91 Å². The molecule has 7 heteroatoms. The van der Waals surface area contributed by atoms with Crippen molar-refractivity contribution < 1.29 is 23.1 Å². The molecule has 4 rings (SSSR count). The van der Waals surface area contributed by atoms with Gasteiger partial charge in [0.2, 0.25) is 0 Å². The summed E-state index contributed by atoms with van der Waals surface area (Å²) in [6, 6.07) is 9.72. The van der Waals surface area contributed by atoms with Gasteiger partial charge in [0.15, 0.2) is 0 Å². The van der Waals surface area contributed by atoms with Gasteiger partial charge in [-0.3, -0.25) is 4.79 Å². The lowest BCUT2D eigenvalue weighted by atomic mass is 10.0. The Hall–Kier alpha value is -3.48. The third kappa shape index (κ3) is 3.51. The van der Waals surface area contributed by atoms with Crippen LogP contribution in [0.4, 0.5) is 8.78 Å². The van der Waals surface area contributed by atoms with Crippen molar-refractivity contribution in [3.05, 3.63) is 77.1 Å². The SMILES string of the molecule is CCOC(=O)C1=CN(C(=O)c2cccc(F)c2)CCc2c1[nH]c1ccc(F)cc21. The van der Waals surface area contributed by atoms with Gasteiger partial charge >= 0.3 is 5.97 Å². The van der Waals surface area contributed by atoms with E-state index < -0.39 is 23.5 Å². The van der Waals surface area contributed by atoms with E-state index in [0.29, 0.717) is 23.0 Å². The van der Waals surface area contributed by atoms with Crippen LogP contribution >= 0.6 is 0 Å². The molecule has 0 aliphatic carbocycles. The zero-order valence-corrected chi connectivity index (χ0v) is 15.7. The van der Waals surface area contributed by atoms with Gasteiger partial charge in [-0.2, -0.15) is 0 Å². The van der Waals surface area contributed by atoms with Gasteiger partial charge in [-0.15, -0.1) is 0 Å². The second-order valence-electron chi connectivity index (χ2n) is 6.69. The maximum Gasteiger partial charge on any atom is 0.341 e. The van der Waals surface area contributed by atoms with Gasteiger partial charge in [-0.1, -0.05) is 6.07 Å². The third-order valence-electron chi connectivity index (χ3n) is 4.85. The van der Waals surface area contributed by atoms with Crippen LogP contribution < -0.4 is 0 Å². The molecule has 1 aliphatic rings. The summed E-state index contributed by atoms with van der Waals surface area (Å²) in [7, 11) is 0. The van der Waals surface area contributed by atoms with Crippen LogP contribution in [-0.2, 0) is 16.0 Å². The molecular formula is C22H18F2N2O3. The number of benzene rings is 2. The van der Waals surface area contributed by atoms with Crippen LogP contribution in [0.5, 0.6) is 0 Å². The third-order valence-corrected chi connectivity index (χ3v) is 4.85. The lowest BCUT2D eigenvalue weighted by molar-refractivity contribution is -0.136. The van der Waals surface area contributed by atoms with E-state index in [0.717, 1.165) is 11.6 Å². The molecule has 0 spiro atoms. The molecular weight excluding hydrogens is 378 g/mol. The number of hydrogen-bond acceptors (Lipinski definition) is 3. The Morgan fingerprint density at radius 2 is 1.93 bits per heavy atom. The highest BCUT2D eigenvalue weighted by molar-refractivity contribution is 6.18. The van der Waals surface area contributed by atoms with E-state index in [-0.39, 0.29) is 24.3 Å². The van der Waals surface area contributed by atoms with E-state index in [9.17, 15) is 18.4 Å². The van der Waals surface area contributed by atoms with Crippen LogP contribution in [0.15, 0.2) is 48.7 Å². The Morgan fingerprint density at radius 1 is 1.14 bits per heavy atom. The molecule has 1 amide bonds. The summed E-state index contributed by atoms with van der Waals surface area (Å²) in [5.74, 6) is -1.95. The number of fused-ring (bicyclic) bond motifs is 3. The fourth-order valence-electron chi connectivity index (χ4n) is 3.54. The molecule has 0 saturated carbocycles. The van der Waals surface area contributed by atoms with E-state index in [1.165, 1.54) is 41.4 Å².